The van der Waals surface area contributed by atoms with Gasteiger partial charge >= 0.3 is 0 Å². The number of nitrogens with one attached hydrogen (secondary N) is 2. The predicted molar refractivity (Wildman–Crippen MR) is 109 cm³/mol. The van der Waals surface area contributed by atoms with Gasteiger partial charge in [-0.05, 0) is 29.6 Å². The second-order valence-electron chi connectivity index (χ2n) is 6.04. The lowest BCUT2D eigenvalue weighted by molar-refractivity contribution is -0.113. The summed E-state index contributed by atoms with van der Waals surface area (Å²) in [5, 5.41) is 16.1. The summed E-state index contributed by atoms with van der Waals surface area (Å²) in [6.07, 6.45) is 0. The van der Waals surface area contributed by atoms with Crippen molar-refractivity contribution in [2.24, 2.45) is 0 Å². The van der Waals surface area contributed by atoms with Gasteiger partial charge in [-0.15, -0.1) is 16.4 Å². The molecule has 1 aromatic carbocycles. The smallest absolute Gasteiger partial charge is 0.290 e. The molecule has 3 aromatic heterocycles. The van der Waals surface area contributed by atoms with E-state index in [4.69, 9.17) is 9.47 Å². The molecule has 9 nitrogen and oxygen atoms in total. The Labute approximate surface area is 171 Å². The molecule has 1 aliphatic heterocycles. The number of hydrogen-bond donors (Lipinski definition) is 2. The number of ether oxygens (including phenoxy) is 2. The molecule has 4 aromatic rings. The molecule has 11 heteroatoms. The quantitative estimate of drug-likeness (QED) is 0.471. The van der Waals surface area contributed by atoms with Gasteiger partial charge in [-0.25, -0.2) is 9.61 Å². The third-order valence-electron chi connectivity index (χ3n) is 4.14. The Balaban J connectivity index is 1.33. The maximum atomic E-state index is 12.3. The first kappa shape index (κ1) is 17.8. The van der Waals surface area contributed by atoms with E-state index >= 15 is 0 Å². The third-order valence-corrected chi connectivity index (χ3v) is 5.96. The number of hydrogen-bond acceptors (Lipinski definition) is 8. The number of aromatic amines is 1. The molecule has 5 rings (SSSR count). The van der Waals surface area contributed by atoms with Crippen molar-refractivity contribution in [3.8, 4) is 22.1 Å². The van der Waals surface area contributed by atoms with Gasteiger partial charge in [0.1, 0.15) is 11.2 Å². The van der Waals surface area contributed by atoms with Gasteiger partial charge in [0.2, 0.25) is 17.9 Å². The largest absolute Gasteiger partial charge is 0.454 e. The molecule has 1 amide bonds. The van der Waals surface area contributed by atoms with Crippen LogP contribution >= 0.6 is 23.1 Å². The van der Waals surface area contributed by atoms with Crippen molar-refractivity contribution in [2.45, 2.75) is 5.16 Å². The zero-order chi connectivity index (χ0) is 19.8. The lowest BCUT2D eigenvalue weighted by atomic mass is 10.3. The number of nitrogens with zero attached hydrogens (tertiary/aromatic N) is 3. The average molecular weight is 427 g/mol. The summed E-state index contributed by atoms with van der Waals surface area (Å²) in [6.45, 7) is 0.174. The van der Waals surface area contributed by atoms with E-state index in [1.807, 2.05) is 17.5 Å². The number of thioether (sulfide) groups is 1. The molecular weight excluding hydrogens is 414 g/mol. The van der Waals surface area contributed by atoms with Crippen molar-refractivity contribution in [3.63, 3.8) is 0 Å². The first-order chi connectivity index (χ1) is 14.2. The standard InChI is InChI=1S/C18H13N5O4S2/c24-16(19-10-3-4-13-14(6-10)27-9-26-13)8-29-18-21-20-17(25)12-7-11(22-23(12)18)15-2-1-5-28-15/h1-7H,8-9H2,(H,19,24)(H,20,25). The number of amides is 1. The van der Waals surface area contributed by atoms with E-state index in [9.17, 15) is 9.59 Å². The monoisotopic (exact) mass is 427 g/mol. The van der Waals surface area contributed by atoms with Crippen LogP contribution in [-0.2, 0) is 4.79 Å². The topological polar surface area (TPSA) is 111 Å². The lowest BCUT2D eigenvalue weighted by Crippen LogP contribution is -2.17. The molecule has 0 fully saturated rings. The summed E-state index contributed by atoms with van der Waals surface area (Å²) in [6, 6.07) is 10.8. The summed E-state index contributed by atoms with van der Waals surface area (Å²) in [5.74, 6) is 1.12. The number of fused-ring (bicyclic) bond motifs is 2. The second-order valence-corrected chi connectivity index (χ2v) is 7.93. The molecule has 0 unspecified atom stereocenters. The Morgan fingerprint density at radius 2 is 2.17 bits per heavy atom. The van der Waals surface area contributed by atoms with Crippen LogP contribution in [0.2, 0.25) is 0 Å². The van der Waals surface area contributed by atoms with Crippen LogP contribution in [0.1, 0.15) is 0 Å². The molecule has 0 aliphatic carbocycles. The molecule has 0 radical (unpaired) electrons. The van der Waals surface area contributed by atoms with Crippen molar-refractivity contribution in [2.75, 3.05) is 17.9 Å². The molecule has 1 aliphatic rings. The Kier molecular flexibility index (Phi) is 4.45. The average Bonchev–Trinajstić information content (AvgIpc) is 3.46. The third kappa shape index (κ3) is 3.45. The lowest BCUT2D eigenvalue weighted by Gasteiger charge is -2.06. The van der Waals surface area contributed by atoms with Gasteiger partial charge in [0.25, 0.3) is 5.56 Å². The van der Waals surface area contributed by atoms with E-state index in [1.165, 1.54) is 27.6 Å². The van der Waals surface area contributed by atoms with Crippen LogP contribution in [0.5, 0.6) is 11.5 Å². The van der Waals surface area contributed by atoms with Crippen molar-refractivity contribution in [1.82, 2.24) is 19.8 Å². The van der Waals surface area contributed by atoms with Crippen molar-refractivity contribution >= 4 is 40.2 Å². The molecule has 146 valence electrons. The number of carbonyl (C=O) groups excluding carboxylic acids is 1. The van der Waals surface area contributed by atoms with E-state index in [1.54, 1.807) is 24.3 Å². The minimum absolute atomic E-state index is 0.0940. The van der Waals surface area contributed by atoms with Crippen LogP contribution in [0.25, 0.3) is 16.1 Å². The van der Waals surface area contributed by atoms with Crippen LogP contribution < -0.4 is 20.3 Å². The van der Waals surface area contributed by atoms with E-state index in [0.29, 0.717) is 33.6 Å². The summed E-state index contributed by atoms with van der Waals surface area (Å²) >= 11 is 2.71. The van der Waals surface area contributed by atoms with Crippen molar-refractivity contribution in [3.05, 3.63) is 52.1 Å². The zero-order valence-corrected chi connectivity index (χ0v) is 16.4. The first-order valence-corrected chi connectivity index (χ1v) is 10.4. The SMILES string of the molecule is O=C(CSc1n[nH]c(=O)c2cc(-c3cccs3)nn12)Nc1ccc2c(c1)OCO2. The number of aromatic nitrogens is 4. The fourth-order valence-electron chi connectivity index (χ4n) is 2.83. The van der Waals surface area contributed by atoms with Gasteiger partial charge in [0.15, 0.2) is 11.5 Å². The molecule has 29 heavy (non-hydrogen) atoms. The van der Waals surface area contributed by atoms with Gasteiger partial charge < -0.3 is 14.8 Å². The van der Waals surface area contributed by atoms with Crippen molar-refractivity contribution in [1.29, 1.82) is 0 Å². The number of thiophene rings is 1. The van der Waals surface area contributed by atoms with E-state index in [0.717, 1.165) is 4.88 Å². The zero-order valence-electron chi connectivity index (χ0n) is 14.7. The predicted octanol–water partition coefficient (Wildman–Crippen LogP) is 2.61. The van der Waals surface area contributed by atoms with Crippen molar-refractivity contribution < 1.29 is 14.3 Å². The van der Waals surface area contributed by atoms with Gasteiger partial charge in [0, 0.05) is 11.8 Å². The van der Waals surface area contributed by atoms with Crippen LogP contribution in [0, 0.1) is 0 Å². The molecule has 2 N–H and O–H groups in total. The normalized spacial score (nSPS) is 12.4. The van der Waals surface area contributed by atoms with Crippen LogP contribution in [-0.4, -0.2) is 38.3 Å². The molecule has 0 bridgehead atoms. The maximum Gasteiger partial charge on any atom is 0.290 e. The van der Waals surface area contributed by atoms with Crippen LogP contribution in [0.3, 0.4) is 0 Å². The number of H-pyrrole nitrogens is 1. The Bertz CT molecular complexity index is 1270. The summed E-state index contributed by atoms with van der Waals surface area (Å²) in [5.41, 5.74) is 1.33. The van der Waals surface area contributed by atoms with Crippen LogP contribution in [0.4, 0.5) is 5.69 Å². The number of benzene rings is 1. The molecule has 0 saturated carbocycles. The number of anilines is 1. The second kappa shape index (κ2) is 7.26. The minimum Gasteiger partial charge on any atom is -0.454 e. The Morgan fingerprint density at radius 3 is 3.03 bits per heavy atom. The van der Waals surface area contributed by atoms with Gasteiger partial charge in [0.05, 0.1) is 10.6 Å². The first-order valence-electron chi connectivity index (χ1n) is 8.52. The Hall–Kier alpha value is -3.31. The van der Waals surface area contributed by atoms with Gasteiger partial charge in [-0.3, -0.25) is 9.59 Å². The highest BCUT2D eigenvalue weighted by atomic mass is 32.2. The summed E-state index contributed by atoms with van der Waals surface area (Å²) in [7, 11) is 0. The fourth-order valence-corrected chi connectivity index (χ4v) is 4.22. The molecule has 0 saturated heterocycles. The molecular formula is C18H13N5O4S2. The number of carbonyl (C=O) groups is 1. The molecule has 4 heterocycles. The van der Waals surface area contributed by atoms with E-state index in [-0.39, 0.29) is 24.0 Å². The summed E-state index contributed by atoms with van der Waals surface area (Å²) < 4.78 is 12.0. The minimum atomic E-state index is -0.338. The highest BCUT2D eigenvalue weighted by Crippen LogP contribution is 2.34. The molecule has 0 atom stereocenters. The highest BCUT2D eigenvalue weighted by molar-refractivity contribution is 7.99. The maximum absolute atomic E-state index is 12.3. The van der Waals surface area contributed by atoms with E-state index < -0.39 is 0 Å². The number of rotatable bonds is 5. The van der Waals surface area contributed by atoms with E-state index in [2.05, 4.69) is 20.6 Å². The summed E-state index contributed by atoms with van der Waals surface area (Å²) in [4.78, 5) is 25.4. The highest BCUT2D eigenvalue weighted by Gasteiger charge is 2.16. The van der Waals surface area contributed by atoms with Gasteiger partial charge in [-0.2, -0.15) is 5.10 Å². The molecule has 0 spiro atoms. The fraction of sp³-hybridized carbons (Fsp3) is 0.111. The van der Waals surface area contributed by atoms with Gasteiger partial charge in [-0.1, -0.05) is 17.8 Å². The van der Waals surface area contributed by atoms with Crippen LogP contribution in [0.15, 0.2) is 51.7 Å². The Morgan fingerprint density at radius 1 is 1.28 bits per heavy atom.